The number of nitrogens with zero attached hydrogens (tertiary/aromatic N) is 1. The molecule has 0 bridgehead atoms. The minimum absolute atomic E-state index is 0.00791. The predicted octanol–water partition coefficient (Wildman–Crippen LogP) is 3.63. The molecule has 1 N–H and O–H groups in total. The van der Waals surface area contributed by atoms with Crippen LogP contribution in [0.5, 0.6) is 5.75 Å². The summed E-state index contributed by atoms with van der Waals surface area (Å²) in [6.07, 6.45) is 0.895. The predicted molar refractivity (Wildman–Crippen MR) is 95.4 cm³/mol. The molecule has 0 atom stereocenters. The molecule has 2 aromatic rings. The van der Waals surface area contributed by atoms with Gasteiger partial charge < -0.3 is 9.84 Å². The number of rotatable bonds is 5. The van der Waals surface area contributed by atoms with Gasteiger partial charge in [0.25, 0.3) is 5.91 Å². The van der Waals surface area contributed by atoms with Gasteiger partial charge in [-0.15, -0.1) is 0 Å². The van der Waals surface area contributed by atoms with Crippen molar-refractivity contribution >= 4 is 23.1 Å². The minimum atomic E-state index is -0.711. The summed E-state index contributed by atoms with van der Waals surface area (Å²) in [4.78, 5) is 26.1. The van der Waals surface area contributed by atoms with E-state index < -0.39 is 17.6 Å². The van der Waals surface area contributed by atoms with E-state index in [2.05, 4.69) is 0 Å². The van der Waals surface area contributed by atoms with E-state index in [0.29, 0.717) is 23.6 Å². The molecule has 0 aromatic heterocycles. The van der Waals surface area contributed by atoms with Gasteiger partial charge in [-0.3, -0.25) is 9.59 Å². The minimum Gasteiger partial charge on any atom is -0.502 e. The molecule has 5 heteroatoms. The molecule has 0 aliphatic carbocycles. The first-order valence-corrected chi connectivity index (χ1v) is 8.15. The Kier molecular flexibility index (Phi) is 4.57. The van der Waals surface area contributed by atoms with E-state index in [1.807, 2.05) is 19.9 Å². The zero-order valence-electron chi connectivity index (χ0n) is 14.2. The molecular weight excluding hydrogens is 318 g/mol. The van der Waals surface area contributed by atoms with Crippen molar-refractivity contribution < 1.29 is 19.4 Å². The van der Waals surface area contributed by atoms with E-state index in [0.717, 1.165) is 16.9 Å². The number of imide groups is 1. The van der Waals surface area contributed by atoms with Gasteiger partial charge in [-0.2, -0.15) is 0 Å². The Morgan fingerprint density at radius 2 is 1.76 bits per heavy atom. The van der Waals surface area contributed by atoms with Gasteiger partial charge >= 0.3 is 5.91 Å². The number of aliphatic hydroxyl groups excluding tert-OH is 1. The summed E-state index contributed by atoms with van der Waals surface area (Å²) < 4.78 is 5.51. The molecule has 0 unspecified atom stereocenters. The lowest BCUT2D eigenvalue weighted by Gasteiger charge is -2.15. The number of carbonyl (C=O) groups excluding carboxylic acids is 2. The smallest absolute Gasteiger partial charge is 0.301 e. The van der Waals surface area contributed by atoms with E-state index in [1.54, 1.807) is 42.5 Å². The van der Waals surface area contributed by atoms with Crippen molar-refractivity contribution in [1.82, 2.24) is 0 Å². The van der Waals surface area contributed by atoms with E-state index in [-0.39, 0.29) is 5.57 Å². The highest BCUT2D eigenvalue weighted by Crippen LogP contribution is 2.32. The number of aliphatic hydroxyl groups is 1. The number of ether oxygens (including phenoxy) is 1. The van der Waals surface area contributed by atoms with Crippen LogP contribution in [0.25, 0.3) is 5.57 Å². The fourth-order valence-corrected chi connectivity index (χ4v) is 2.72. The zero-order valence-corrected chi connectivity index (χ0v) is 14.2. The van der Waals surface area contributed by atoms with Crippen LogP contribution in [0.1, 0.15) is 24.5 Å². The average Bonchev–Trinajstić information content (AvgIpc) is 2.83. The van der Waals surface area contributed by atoms with Gasteiger partial charge in [0.05, 0.1) is 17.9 Å². The van der Waals surface area contributed by atoms with Gasteiger partial charge in [0.15, 0.2) is 5.76 Å². The second kappa shape index (κ2) is 6.81. The van der Waals surface area contributed by atoms with Crippen LogP contribution in [0.15, 0.2) is 54.3 Å². The molecule has 1 heterocycles. The van der Waals surface area contributed by atoms with Gasteiger partial charge in [-0.05, 0) is 48.7 Å². The van der Waals surface area contributed by atoms with Crippen molar-refractivity contribution in [2.45, 2.75) is 20.3 Å². The molecule has 1 aliphatic rings. The summed E-state index contributed by atoms with van der Waals surface area (Å²) in [7, 11) is 0. The summed E-state index contributed by atoms with van der Waals surface area (Å²) in [6.45, 7) is 4.49. The molecule has 25 heavy (non-hydrogen) atoms. The molecule has 0 radical (unpaired) electrons. The SMILES string of the molecule is CCCOc1ccc(C2=C(O)C(=O)N(c3cccc(C)c3)C2=O)cc1. The Balaban J connectivity index is 1.92. The Morgan fingerprint density at radius 3 is 2.40 bits per heavy atom. The third kappa shape index (κ3) is 3.13. The van der Waals surface area contributed by atoms with Crippen LogP contribution in [-0.2, 0) is 9.59 Å². The van der Waals surface area contributed by atoms with Crippen molar-refractivity contribution in [3.8, 4) is 5.75 Å². The van der Waals surface area contributed by atoms with Crippen LogP contribution >= 0.6 is 0 Å². The van der Waals surface area contributed by atoms with Gasteiger partial charge in [0, 0.05) is 0 Å². The number of amides is 2. The lowest BCUT2D eigenvalue weighted by atomic mass is 10.1. The molecule has 0 fully saturated rings. The van der Waals surface area contributed by atoms with E-state index in [1.165, 1.54) is 0 Å². The highest BCUT2D eigenvalue weighted by atomic mass is 16.5. The maximum atomic E-state index is 12.8. The first-order chi connectivity index (χ1) is 12.0. The van der Waals surface area contributed by atoms with Crippen molar-refractivity contribution in [3.63, 3.8) is 0 Å². The van der Waals surface area contributed by atoms with Crippen LogP contribution in [0.4, 0.5) is 5.69 Å². The Hall–Kier alpha value is -3.08. The summed E-state index contributed by atoms with van der Waals surface area (Å²) in [5.74, 6) is -1.10. The molecular formula is C20H19NO4. The number of aryl methyl sites for hydroxylation is 1. The first-order valence-electron chi connectivity index (χ1n) is 8.15. The van der Waals surface area contributed by atoms with Crippen LogP contribution < -0.4 is 9.64 Å². The van der Waals surface area contributed by atoms with Crippen molar-refractivity contribution in [2.24, 2.45) is 0 Å². The molecule has 2 amide bonds. The molecule has 2 aromatic carbocycles. The number of benzene rings is 2. The van der Waals surface area contributed by atoms with Gasteiger partial charge in [0.2, 0.25) is 0 Å². The molecule has 0 spiro atoms. The van der Waals surface area contributed by atoms with Crippen molar-refractivity contribution in [1.29, 1.82) is 0 Å². The highest BCUT2D eigenvalue weighted by molar-refractivity contribution is 6.44. The normalized spacial score (nSPS) is 14.4. The molecule has 3 rings (SSSR count). The van der Waals surface area contributed by atoms with E-state index in [9.17, 15) is 14.7 Å². The quantitative estimate of drug-likeness (QED) is 0.846. The maximum Gasteiger partial charge on any atom is 0.301 e. The average molecular weight is 337 g/mol. The lowest BCUT2D eigenvalue weighted by molar-refractivity contribution is -0.121. The van der Waals surface area contributed by atoms with Crippen LogP contribution in [0.3, 0.4) is 0 Å². The monoisotopic (exact) mass is 337 g/mol. The summed E-state index contributed by atoms with van der Waals surface area (Å²) >= 11 is 0. The van der Waals surface area contributed by atoms with Crippen LogP contribution in [0.2, 0.25) is 0 Å². The standard InChI is InChI=1S/C20H19NO4/c1-3-11-25-16-9-7-14(8-10-16)17-18(22)20(24)21(19(17)23)15-6-4-5-13(2)12-15/h4-10,12,22H,3,11H2,1-2H3. The summed E-state index contributed by atoms with van der Waals surface area (Å²) in [5, 5.41) is 10.2. The lowest BCUT2D eigenvalue weighted by Crippen LogP contribution is -2.31. The summed E-state index contributed by atoms with van der Waals surface area (Å²) in [6, 6.07) is 13.8. The second-order valence-electron chi connectivity index (χ2n) is 5.88. The number of anilines is 1. The fourth-order valence-electron chi connectivity index (χ4n) is 2.72. The third-order valence-electron chi connectivity index (χ3n) is 3.94. The largest absolute Gasteiger partial charge is 0.502 e. The highest BCUT2D eigenvalue weighted by Gasteiger charge is 2.40. The third-order valence-corrected chi connectivity index (χ3v) is 3.94. The Morgan fingerprint density at radius 1 is 1.04 bits per heavy atom. The molecule has 1 aliphatic heterocycles. The zero-order chi connectivity index (χ0) is 18.0. The first kappa shape index (κ1) is 16.8. The van der Waals surface area contributed by atoms with Crippen LogP contribution in [0, 0.1) is 6.92 Å². The maximum absolute atomic E-state index is 12.8. The topological polar surface area (TPSA) is 66.8 Å². The molecule has 0 saturated carbocycles. The molecule has 0 saturated heterocycles. The van der Waals surface area contributed by atoms with Gasteiger partial charge in [-0.1, -0.05) is 31.2 Å². The van der Waals surface area contributed by atoms with Crippen molar-refractivity contribution in [2.75, 3.05) is 11.5 Å². The van der Waals surface area contributed by atoms with E-state index >= 15 is 0 Å². The Bertz CT molecular complexity index is 852. The van der Waals surface area contributed by atoms with Crippen molar-refractivity contribution in [3.05, 3.63) is 65.4 Å². The Labute approximate surface area is 146 Å². The van der Waals surface area contributed by atoms with Gasteiger partial charge in [-0.25, -0.2) is 4.90 Å². The number of hydrogen-bond acceptors (Lipinski definition) is 4. The number of carbonyl (C=O) groups is 2. The number of hydrogen-bond donors (Lipinski definition) is 1. The molecule has 5 nitrogen and oxygen atoms in total. The fraction of sp³-hybridized carbons (Fsp3) is 0.200. The molecule has 128 valence electrons. The van der Waals surface area contributed by atoms with Crippen LogP contribution in [-0.4, -0.2) is 23.5 Å². The van der Waals surface area contributed by atoms with Gasteiger partial charge in [0.1, 0.15) is 5.75 Å². The van der Waals surface area contributed by atoms with E-state index in [4.69, 9.17) is 4.74 Å². The summed E-state index contributed by atoms with van der Waals surface area (Å²) in [5.41, 5.74) is 1.85. The second-order valence-corrected chi connectivity index (χ2v) is 5.88.